The average Bonchev–Trinajstić information content (AvgIpc) is 2.28. The monoisotopic (exact) mass is 292 g/mol. The number of unbranched alkanes of at least 4 members (excludes halogenated alkanes) is 5. The number of hydrogen-bond acceptors (Lipinski definition) is 2. The van der Waals surface area contributed by atoms with E-state index in [-0.39, 0.29) is 6.10 Å². The van der Waals surface area contributed by atoms with Crippen molar-refractivity contribution < 1.29 is 9.53 Å². The van der Waals surface area contributed by atoms with Crippen molar-refractivity contribution in [2.75, 3.05) is 5.33 Å². The SMILES string of the molecule is CCCC(CCCCCCCCBr)OC=O. The summed E-state index contributed by atoms with van der Waals surface area (Å²) in [4.78, 5) is 10.3. The number of halogens is 1. The van der Waals surface area contributed by atoms with Gasteiger partial charge in [0, 0.05) is 5.33 Å². The second kappa shape index (κ2) is 13.0. The van der Waals surface area contributed by atoms with Gasteiger partial charge in [0.25, 0.3) is 6.47 Å². The fraction of sp³-hybridized carbons (Fsp3) is 0.923. The van der Waals surface area contributed by atoms with Crippen molar-refractivity contribution in [3.8, 4) is 0 Å². The number of carbonyl (C=O) groups excluding carboxylic acids is 1. The second-order valence-electron chi connectivity index (χ2n) is 4.24. The summed E-state index contributed by atoms with van der Waals surface area (Å²) in [6.07, 6.45) is 11.0. The summed E-state index contributed by atoms with van der Waals surface area (Å²) in [5.41, 5.74) is 0. The Balaban J connectivity index is 3.29. The predicted octanol–water partition coefficient (Wildman–Crippen LogP) is 4.45. The van der Waals surface area contributed by atoms with Crippen LogP contribution < -0.4 is 0 Å². The standard InChI is InChI=1S/C13H25BrO2/c1-2-9-13(16-12-15)10-7-5-3-4-6-8-11-14/h12-13H,2-11H2,1H3. The lowest BCUT2D eigenvalue weighted by atomic mass is 10.0. The number of ether oxygens (including phenoxy) is 1. The van der Waals surface area contributed by atoms with Crippen LogP contribution in [0.4, 0.5) is 0 Å². The van der Waals surface area contributed by atoms with Crippen molar-refractivity contribution >= 4 is 22.4 Å². The fourth-order valence-corrected chi connectivity index (χ4v) is 2.25. The first kappa shape index (κ1) is 16.0. The molecule has 0 amide bonds. The Morgan fingerprint density at radius 2 is 1.69 bits per heavy atom. The van der Waals surface area contributed by atoms with Crippen LogP contribution in [0.25, 0.3) is 0 Å². The van der Waals surface area contributed by atoms with Gasteiger partial charge in [-0.05, 0) is 25.7 Å². The van der Waals surface area contributed by atoms with Crippen LogP contribution in [0.2, 0.25) is 0 Å². The Labute approximate surface area is 108 Å². The number of alkyl halides is 1. The molecule has 0 aromatic carbocycles. The lowest BCUT2D eigenvalue weighted by Gasteiger charge is -2.13. The smallest absolute Gasteiger partial charge is 0.293 e. The first-order chi connectivity index (χ1) is 7.85. The molecule has 0 N–H and O–H groups in total. The van der Waals surface area contributed by atoms with Crippen LogP contribution >= 0.6 is 15.9 Å². The van der Waals surface area contributed by atoms with E-state index >= 15 is 0 Å². The maximum Gasteiger partial charge on any atom is 0.293 e. The third-order valence-corrected chi connectivity index (χ3v) is 3.33. The van der Waals surface area contributed by atoms with E-state index < -0.39 is 0 Å². The Morgan fingerprint density at radius 1 is 1.06 bits per heavy atom. The number of carbonyl (C=O) groups is 1. The predicted molar refractivity (Wildman–Crippen MR) is 72.0 cm³/mol. The number of hydrogen-bond donors (Lipinski definition) is 0. The molecule has 0 bridgehead atoms. The quantitative estimate of drug-likeness (QED) is 0.302. The molecule has 0 radical (unpaired) electrons. The van der Waals surface area contributed by atoms with Gasteiger partial charge in [0.1, 0.15) is 6.10 Å². The molecule has 0 aromatic rings. The highest BCUT2D eigenvalue weighted by atomic mass is 79.9. The largest absolute Gasteiger partial charge is 0.465 e. The maximum atomic E-state index is 10.3. The Morgan fingerprint density at radius 3 is 2.25 bits per heavy atom. The third-order valence-electron chi connectivity index (χ3n) is 2.77. The van der Waals surface area contributed by atoms with Gasteiger partial charge in [-0.1, -0.05) is 55.0 Å². The minimum atomic E-state index is 0.157. The molecular weight excluding hydrogens is 268 g/mol. The number of rotatable bonds is 12. The molecule has 2 nitrogen and oxygen atoms in total. The van der Waals surface area contributed by atoms with Crippen LogP contribution in [0.1, 0.15) is 64.7 Å². The topological polar surface area (TPSA) is 26.3 Å². The molecule has 16 heavy (non-hydrogen) atoms. The Kier molecular flexibility index (Phi) is 13.0. The zero-order valence-corrected chi connectivity index (χ0v) is 12.0. The molecular formula is C13H25BrO2. The fourth-order valence-electron chi connectivity index (χ4n) is 1.85. The third kappa shape index (κ3) is 10.5. The Bertz CT molecular complexity index is 151. The summed E-state index contributed by atoms with van der Waals surface area (Å²) in [7, 11) is 0. The van der Waals surface area contributed by atoms with Gasteiger partial charge in [-0.15, -0.1) is 0 Å². The molecule has 0 rings (SSSR count). The van der Waals surface area contributed by atoms with Crippen molar-refractivity contribution in [2.45, 2.75) is 70.8 Å². The van der Waals surface area contributed by atoms with Crippen LogP contribution in [-0.2, 0) is 9.53 Å². The van der Waals surface area contributed by atoms with Gasteiger partial charge in [0.15, 0.2) is 0 Å². The molecule has 0 saturated carbocycles. The van der Waals surface area contributed by atoms with Crippen molar-refractivity contribution in [3.63, 3.8) is 0 Å². The van der Waals surface area contributed by atoms with Gasteiger partial charge in [0.2, 0.25) is 0 Å². The first-order valence-electron chi connectivity index (χ1n) is 6.50. The van der Waals surface area contributed by atoms with Crippen LogP contribution in [0.5, 0.6) is 0 Å². The first-order valence-corrected chi connectivity index (χ1v) is 7.62. The summed E-state index contributed by atoms with van der Waals surface area (Å²) in [6, 6.07) is 0. The summed E-state index contributed by atoms with van der Waals surface area (Å²) in [5.74, 6) is 0. The van der Waals surface area contributed by atoms with Crippen LogP contribution in [0, 0.1) is 0 Å². The highest BCUT2D eigenvalue weighted by Crippen LogP contribution is 2.13. The van der Waals surface area contributed by atoms with Crippen LogP contribution in [-0.4, -0.2) is 17.9 Å². The Hall–Kier alpha value is -0.0500. The molecule has 0 aliphatic rings. The maximum absolute atomic E-state index is 10.3. The van der Waals surface area contributed by atoms with E-state index in [1.54, 1.807) is 0 Å². The normalized spacial score (nSPS) is 12.4. The minimum Gasteiger partial charge on any atom is -0.465 e. The molecule has 1 unspecified atom stereocenters. The van der Waals surface area contributed by atoms with E-state index in [1.807, 2.05) is 0 Å². The molecule has 0 spiro atoms. The van der Waals surface area contributed by atoms with Crippen molar-refractivity contribution in [2.24, 2.45) is 0 Å². The molecule has 0 aliphatic heterocycles. The molecule has 3 heteroatoms. The van der Waals surface area contributed by atoms with E-state index in [1.165, 1.54) is 38.5 Å². The van der Waals surface area contributed by atoms with Gasteiger partial charge >= 0.3 is 0 Å². The molecule has 0 heterocycles. The van der Waals surface area contributed by atoms with Gasteiger partial charge in [-0.3, -0.25) is 4.79 Å². The van der Waals surface area contributed by atoms with E-state index in [0.717, 1.165) is 24.6 Å². The molecule has 1 atom stereocenters. The highest BCUT2D eigenvalue weighted by Gasteiger charge is 2.06. The zero-order valence-electron chi connectivity index (χ0n) is 10.4. The average molecular weight is 293 g/mol. The summed E-state index contributed by atoms with van der Waals surface area (Å²) in [6.45, 7) is 2.72. The molecule has 0 fully saturated rings. The van der Waals surface area contributed by atoms with E-state index in [2.05, 4.69) is 22.9 Å². The summed E-state index contributed by atoms with van der Waals surface area (Å²) in [5, 5.41) is 1.12. The van der Waals surface area contributed by atoms with E-state index in [4.69, 9.17) is 4.74 Å². The molecule has 96 valence electrons. The van der Waals surface area contributed by atoms with Crippen molar-refractivity contribution in [3.05, 3.63) is 0 Å². The van der Waals surface area contributed by atoms with Gasteiger partial charge < -0.3 is 4.74 Å². The minimum absolute atomic E-state index is 0.157. The van der Waals surface area contributed by atoms with Gasteiger partial charge in [0.05, 0.1) is 0 Å². The van der Waals surface area contributed by atoms with Gasteiger partial charge in [-0.2, -0.15) is 0 Å². The summed E-state index contributed by atoms with van der Waals surface area (Å²) < 4.78 is 5.04. The van der Waals surface area contributed by atoms with Crippen molar-refractivity contribution in [1.29, 1.82) is 0 Å². The summed E-state index contributed by atoms with van der Waals surface area (Å²) >= 11 is 3.44. The lowest BCUT2D eigenvalue weighted by Crippen LogP contribution is -2.11. The zero-order chi connectivity index (χ0) is 12.1. The molecule has 0 aromatic heterocycles. The molecule has 0 saturated heterocycles. The lowest BCUT2D eigenvalue weighted by molar-refractivity contribution is -0.134. The van der Waals surface area contributed by atoms with Gasteiger partial charge in [-0.25, -0.2) is 0 Å². The highest BCUT2D eigenvalue weighted by molar-refractivity contribution is 9.09. The van der Waals surface area contributed by atoms with Crippen LogP contribution in [0.15, 0.2) is 0 Å². The van der Waals surface area contributed by atoms with E-state index in [0.29, 0.717) is 6.47 Å². The molecule has 0 aliphatic carbocycles. The second-order valence-corrected chi connectivity index (χ2v) is 5.03. The van der Waals surface area contributed by atoms with Crippen molar-refractivity contribution in [1.82, 2.24) is 0 Å². The van der Waals surface area contributed by atoms with Crippen LogP contribution in [0.3, 0.4) is 0 Å². The van der Waals surface area contributed by atoms with E-state index in [9.17, 15) is 4.79 Å².